The first-order valence-electron chi connectivity index (χ1n) is 11.3. The van der Waals surface area contributed by atoms with Gasteiger partial charge in [-0.3, -0.25) is 4.57 Å². The summed E-state index contributed by atoms with van der Waals surface area (Å²) in [6, 6.07) is 12.4. The van der Waals surface area contributed by atoms with Crippen molar-refractivity contribution in [2.24, 2.45) is 0 Å². The lowest BCUT2D eigenvalue weighted by Crippen LogP contribution is -2.46. The lowest BCUT2D eigenvalue weighted by molar-refractivity contribution is 0.0548. The van der Waals surface area contributed by atoms with Gasteiger partial charge in [-0.25, -0.2) is 0 Å². The summed E-state index contributed by atoms with van der Waals surface area (Å²) >= 11 is 0. The standard InChI is InChI=1S/C24H34NO6P/c1-2-20-21(25-15-6-16-30-19-12-10-18(26)11-13-19)7-5-8-22(20)31-17-24(32(28)29)14-4-3-9-23(24)27/h5,7-8,10-13,23,25-27,32H,2-4,6,9,14-17H2,1H3,(H,28,29). The first kappa shape index (κ1) is 24.4. The van der Waals surface area contributed by atoms with Crippen molar-refractivity contribution in [3.05, 3.63) is 48.0 Å². The molecule has 2 aromatic carbocycles. The number of aromatic hydroxyl groups is 1. The van der Waals surface area contributed by atoms with Gasteiger partial charge in [0.25, 0.3) is 0 Å². The number of anilines is 1. The molecule has 3 atom stereocenters. The van der Waals surface area contributed by atoms with E-state index in [1.54, 1.807) is 24.3 Å². The summed E-state index contributed by atoms with van der Waals surface area (Å²) in [7, 11) is -2.96. The zero-order valence-corrected chi connectivity index (χ0v) is 19.5. The molecule has 1 fully saturated rings. The van der Waals surface area contributed by atoms with Crippen LogP contribution in [0.25, 0.3) is 0 Å². The van der Waals surface area contributed by atoms with Gasteiger partial charge in [0.05, 0.1) is 12.7 Å². The van der Waals surface area contributed by atoms with E-state index < -0.39 is 19.3 Å². The molecule has 4 N–H and O–H groups in total. The van der Waals surface area contributed by atoms with Crippen LogP contribution in [-0.2, 0) is 11.0 Å². The lowest BCUT2D eigenvalue weighted by atomic mass is 9.86. The predicted octanol–water partition coefficient (Wildman–Crippen LogP) is 4.36. The fraction of sp³-hybridized carbons (Fsp3) is 0.500. The van der Waals surface area contributed by atoms with E-state index in [0.717, 1.165) is 42.7 Å². The number of aliphatic hydroxyl groups excluding tert-OH is 1. The summed E-state index contributed by atoms with van der Waals surface area (Å²) in [6.07, 6.45) is 3.45. The van der Waals surface area contributed by atoms with E-state index in [4.69, 9.17) is 9.47 Å². The Balaban J connectivity index is 1.57. The number of ether oxygens (including phenoxy) is 2. The number of hydrogen-bond acceptors (Lipinski definition) is 6. The summed E-state index contributed by atoms with van der Waals surface area (Å²) in [5, 5.41) is 22.1. The van der Waals surface area contributed by atoms with Crippen LogP contribution < -0.4 is 14.8 Å². The van der Waals surface area contributed by atoms with Gasteiger partial charge in [-0.1, -0.05) is 25.8 Å². The van der Waals surface area contributed by atoms with E-state index >= 15 is 0 Å². The Kier molecular flexibility index (Phi) is 8.85. The van der Waals surface area contributed by atoms with Gasteiger partial charge in [0, 0.05) is 17.8 Å². The second-order valence-corrected chi connectivity index (χ2v) is 9.88. The molecule has 7 nitrogen and oxygen atoms in total. The number of hydrogen-bond donors (Lipinski definition) is 4. The van der Waals surface area contributed by atoms with Gasteiger partial charge in [-0.05, 0) is 62.1 Å². The minimum Gasteiger partial charge on any atom is -0.508 e. The molecule has 176 valence electrons. The van der Waals surface area contributed by atoms with Crippen LogP contribution in [0.3, 0.4) is 0 Å². The number of benzene rings is 2. The molecule has 0 heterocycles. The average molecular weight is 464 g/mol. The summed E-state index contributed by atoms with van der Waals surface area (Å²) in [5.74, 6) is 1.61. The summed E-state index contributed by atoms with van der Waals surface area (Å²) in [6.45, 7) is 3.34. The van der Waals surface area contributed by atoms with Crippen LogP contribution in [0.1, 0.15) is 44.6 Å². The minimum absolute atomic E-state index is 0.0411. The zero-order valence-electron chi connectivity index (χ0n) is 18.5. The smallest absolute Gasteiger partial charge is 0.201 e. The number of phenols is 1. The molecule has 3 rings (SSSR count). The van der Waals surface area contributed by atoms with Crippen LogP contribution >= 0.6 is 8.03 Å². The monoisotopic (exact) mass is 463 g/mol. The van der Waals surface area contributed by atoms with Gasteiger partial charge in [-0.15, -0.1) is 0 Å². The van der Waals surface area contributed by atoms with Crippen LogP contribution in [0.4, 0.5) is 5.69 Å². The van der Waals surface area contributed by atoms with Crippen molar-refractivity contribution in [1.29, 1.82) is 0 Å². The summed E-state index contributed by atoms with van der Waals surface area (Å²) in [5.41, 5.74) is 1.97. The Morgan fingerprint density at radius 1 is 1.16 bits per heavy atom. The van der Waals surface area contributed by atoms with Gasteiger partial charge in [0.2, 0.25) is 8.03 Å². The SMILES string of the molecule is CCc1c(NCCCOc2ccc(O)cc2)cccc1OCC1([PH](=O)O)CCCCC1O. The molecule has 32 heavy (non-hydrogen) atoms. The van der Waals surface area contributed by atoms with E-state index in [9.17, 15) is 19.7 Å². The third kappa shape index (κ3) is 5.97. The van der Waals surface area contributed by atoms with Gasteiger partial charge < -0.3 is 29.9 Å². The molecule has 1 aliphatic rings. The van der Waals surface area contributed by atoms with Gasteiger partial charge in [-0.2, -0.15) is 0 Å². The maximum atomic E-state index is 12.2. The Morgan fingerprint density at radius 3 is 2.62 bits per heavy atom. The quantitative estimate of drug-likeness (QED) is 0.290. The second-order valence-electron chi connectivity index (χ2n) is 8.27. The Bertz CT molecular complexity index is 891. The molecule has 0 aliphatic heterocycles. The molecule has 3 unspecified atom stereocenters. The largest absolute Gasteiger partial charge is 0.508 e. The number of rotatable bonds is 11. The van der Waals surface area contributed by atoms with E-state index in [0.29, 0.717) is 31.7 Å². The Morgan fingerprint density at radius 2 is 1.94 bits per heavy atom. The first-order valence-corrected chi connectivity index (χ1v) is 12.6. The molecular weight excluding hydrogens is 429 g/mol. The van der Waals surface area contributed by atoms with Crippen LogP contribution in [-0.4, -0.2) is 46.1 Å². The van der Waals surface area contributed by atoms with Crippen molar-refractivity contribution in [2.45, 2.75) is 56.7 Å². The highest BCUT2D eigenvalue weighted by atomic mass is 31.1. The topological polar surface area (TPSA) is 108 Å². The summed E-state index contributed by atoms with van der Waals surface area (Å²) < 4.78 is 23.9. The van der Waals surface area contributed by atoms with Crippen LogP contribution in [0.15, 0.2) is 42.5 Å². The maximum absolute atomic E-state index is 12.2. The number of nitrogens with one attached hydrogen (secondary N) is 1. The average Bonchev–Trinajstić information content (AvgIpc) is 2.79. The maximum Gasteiger partial charge on any atom is 0.201 e. The molecule has 8 heteroatoms. The third-order valence-electron chi connectivity index (χ3n) is 6.13. The molecule has 0 spiro atoms. The Hall–Kier alpha value is -2.21. The highest BCUT2D eigenvalue weighted by molar-refractivity contribution is 7.40. The summed E-state index contributed by atoms with van der Waals surface area (Å²) in [4.78, 5) is 9.99. The molecule has 1 saturated carbocycles. The van der Waals surface area contributed by atoms with E-state index in [1.165, 1.54) is 0 Å². The van der Waals surface area contributed by atoms with Crippen LogP contribution in [0.5, 0.6) is 17.2 Å². The molecule has 0 radical (unpaired) electrons. The van der Waals surface area contributed by atoms with Gasteiger partial charge in [0.15, 0.2) is 0 Å². The number of phenolic OH excluding ortho intramolecular Hbond substituents is 1. The van der Waals surface area contributed by atoms with Crippen molar-refractivity contribution < 1.29 is 29.1 Å². The zero-order chi connectivity index (χ0) is 23.0. The van der Waals surface area contributed by atoms with E-state index in [-0.39, 0.29) is 12.4 Å². The molecule has 0 saturated heterocycles. The first-order chi connectivity index (χ1) is 15.5. The highest BCUT2D eigenvalue weighted by Crippen LogP contribution is 2.47. The predicted molar refractivity (Wildman–Crippen MR) is 126 cm³/mol. The molecule has 0 bridgehead atoms. The highest BCUT2D eigenvalue weighted by Gasteiger charge is 2.45. The molecule has 1 aliphatic carbocycles. The fourth-order valence-corrected chi connectivity index (χ4v) is 5.18. The van der Waals surface area contributed by atoms with Crippen LogP contribution in [0.2, 0.25) is 0 Å². The van der Waals surface area contributed by atoms with Crippen LogP contribution in [0, 0.1) is 0 Å². The van der Waals surface area contributed by atoms with Crippen molar-refractivity contribution in [2.75, 3.05) is 25.1 Å². The van der Waals surface area contributed by atoms with Gasteiger partial charge >= 0.3 is 0 Å². The van der Waals surface area contributed by atoms with Crippen molar-refractivity contribution >= 4 is 13.7 Å². The lowest BCUT2D eigenvalue weighted by Gasteiger charge is -2.38. The molecule has 0 aromatic heterocycles. The van der Waals surface area contributed by atoms with E-state index in [2.05, 4.69) is 5.32 Å². The number of aliphatic hydroxyl groups is 1. The molecule has 2 aromatic rings. The van der Waals surface area contributed by atoms with E-state index in [1.807, 2.05) is 25.1 Å². The molecular formula is C24H34NO6P. The van der Waals surface area contributed by atoms with Crippen molar-refractivity contribution in [3.63, 3.8) is 0 Å². The third-order valence-corrected chi connectivity index (χ3v) is 7.71. The van der Waals surface area contributed by atoms with Gasteiger partial charge in [0.1, 0.15) is 29.0 Å². The normalized spacial score (nSPS) is 21.7. The fourth-order valence-electron chi connectivity index (χ4n) is 4.17. The van der Waals surface area contributed by atoms with Crippen molar-refractivity contribution in [1.82, 2.24) is 0 Å². The van der Waals surface area contributed by atoms with Crippen molar-refractivity contribution in [3.8, 4) is 17.2 Å². The Labute approximate surface area is 190 Å². The second kappa shape index (κ2) is 11.6. The minimum atomic E-state index is -2.96. The molecule has 0 amide bonds.